The Hall–Kier alpha value is -1.98. The fourth-order valence-electron chi connectivity index (χ4n) is 2.26. The molecule has 1 aromatic carbocycles. The second-order valence-electron chi connectivity index (χ2n) is 4.87. The Labute approximate surface area is 128 Å². The van der Waals surface area contributed by atoms with Crippen LogP contribution in [0.15, 0.2) is 36.5 Å². The molecular weight excluding hydrogens is 288 g/mol. The fraction of sp³-hybridized carbons (Fsp3) is 0.267. The molecule has 0 aliphatic carbocycles. The highest BCUT2D eigenvalue weighted by Gasteiger charge is 2.11. The Morgan fingerprint density at radius 2 is 1.90 bits per heavy atom. The van der Waals surface area contributed by atoms with Gasteiger partial charge in [-0.05, 0) is 30.3 Å². The summed E-state index contributed by atoms with van der Waals surface area (Å²) in [6.45, 7) is 3.42. The predicted octanol–water partition coefficient (Wildman–Crippen LogP) is 2.90. The number of nitrogens with one attached hydrogen (secondary N) is 1. The predicted molar refractivity (Wildman–Crippen MR) is 86.4 cm³/mol. The lowest BCUT2D eigenvalue weighted by Gasteiger charge is -2.28. The van der Waals surface area contributed by atoms with Gasteiger partial charge in [0.1, 0.15) is 5.82 Å². The zero-order valence-corrected chi connectivity index (χ0v) is 12.3. The first-order chi connectivity index (χ1) is 10.2. The van der Waals surface area contributed by atoms with E-state index in [0.29, 0.717) is 16.5 Å². The highest BCUT2D eigenvalue weighted by Crippen LogP contribution is 2.26. The molecule has 1 saturated heterocycles. The van der Waals surface area contributed by atoms with Crippen molar-refractivity contribution in [3.63, 3.8) is 0 Å². The summed E-state index contributed by atoms with van der Waals surface area (Å²) in [5.74, 6) is 0.602. The number of anilines is 4. The molecule has 0 bridgehead atoms. The van der Waals surface area contributed by atoms with E-state index in [0.717, 1.165) is 32.0 Å². The second-order valence-corrected chi connectivity index (χ2v) is 5.28. The molecule has 1 fully saturated rings. The van der Waals surface area contributed by atoms with Gasteiger partial charge in [-0.15, -0.1) is 0 Å². The number of pyridine rings is 1. The summed E-state index contributed by atoms with van der Waals surface area (Å²) in [5, 5.41) is 3.69. The topological polar surface area (TPSA) is 63.4 Å². The molecule has 2 aromatic rings. The molecule has 1 aliphatic rings. The van der Waals surface area contributed by atoms with E-state index in [1.54, 1.807) is 12.3 Å². The quantitative estimate of drug-likeness (QED) is 0.913. The third-order valence-electron chi connectivity index (χ3n) is 3.37. The van der Waals surface area contributed by atoms with Gasteiger partial charge in [-0.1, -0.05) is 11.6 Å². The summed E-state index contributed by atoms with van der Waals surface area (Å²) in [4.78, 5) is 6.50. The van der Waals surface area contributed by atoms with Crippen LogP contribution in [0.3, 0.4) is 0 Å². The number of halogens is 1. The summed E-state index contributed by atoms with van der Waals surface area (Å²) in [7, 11) is 0. The molecule has 0 unspecified atom stereocenters. The van der Waals surface area contributed by atoms with Crippen LogP contribution in [0.2, 0.25) is 5.02 Å². The Bertz CT molecular complexity index is 612. The zero-order chi connectivity index (χ0) is 14.7. The van der Waals surface area contributed by atoms with Crippen molar-refractivity contribution in [3.05, 3.63) is 41.6 Å². The molecule has 0 amide bonds. The first kappa shape index (κ1) is 14.0. The van der Waals surface area contributed by atoms with Crippen molar-refractivity contribution >= 4 is 34.5 Å². The number of aromatic nitrogens is 1. The fourth-order valence-corrected chi connectivity index (χ4v) is 2.48. The van der Waals surface area contributed by atoms with E-state index >= 15 is 0 Å². The maximum atomic E-state index is 6.11. The normalized spacial score (nSPS) is 15.0. The Kier molecular flexibility index (Phi) is 4.13. The number of nitrogen functional groups attached to an aromatic ring is 1. The van der Waals surface area contributed by atoms with E-state index in [2.05, 4.69) is 27.3 Å². The summed E-state index contributed by atoms with van der Waals surface area (Å²) in [5.41, 5.74) is 8.31. The van der Waals surface area contributed by atoms with E-state index in [4.69, 9.17) is 22.1 Å². The van der Waals surface area contributed by atoms with Crippen molar-refractivity contribution in [1.82, 2.24) is 4.98 Å². The van der Waals surface area contributed by atoms with Gasteiger partial charge in [0.05, 0.1) is 30.1 Å². The van der Waals surface area contributed by atoms with Crippen molar-refractivity contribution in [1.29, 1.82) is 0 Å². The smallest absolute Gasteiger partial charge is 0.149 e. The van der Waals surface area contributed by atoms with Crippen molar-refractivity contribution in [2.75, 3.05) is 42.3 Å². The molecule has 6 heteroatoms. The molecule has 110 valence electrons. The lowest BCUT2D eigenvalue weighted by atomic mass is 10.2. The third-order valence-corrected chi connectivity index (χ3v) is 3.66. The average molecular weight is 305 g/mol. The first-order valence-electron chi connectivity index (χ1n) is 6.83. The number of rotatable bonds is 3. The second kappa shape index (κ2) is 6.20. The highest BCUT2D eigenvalue weighted by atomic mass is 35.5. The van der Waals surface area contributed by atoms with Crippen LogP contribution in [0.4, 0.5) is 22.9 Å². The largest absolute Gasteiger partial charge is 0.397 e. The number of morpholine rings is 1. The Morgan fingerprint density at radius 3 is 2.57 bits per heavy atom. The van der Waals surface area contributed by atoms with Crippen LogP contribution in [0, 0.1) is 0 Å². The van der Waals surface area contributed by atoms with Crippen LogP contribution >= 0.6 is 11.6 Å². The third kappa shape index (κ3) is 3.37. The van der Waals surface area contributed by atoms with E-state index in [1.807, 2.05) is 12.1 Å². The molecule has 2 heterocycles. The summed E-state index contributed by atoms with van der Waals surface area (Å²) >= 11 is 6.11. The number of ether oxygens (including phenoxy) is 1. The van der Waals surface area contributed by atoms with Crippen molar-refractivity contribution in [2.24, 2.45) is 0 Å². The van der Waals surface area contributed by atoms with Crippen LogP contribution in [-0.2, 0) is 4.74 Å². The summed E-state index contributed by atoms with van der Waals surface area (Å²) in [6.07, 6.45) is 1.58. The van der Waals surface area contributed by atoms with Gasteiger partial charge in [0.15, 0.2) is 0 Å². The number of hydrogen-bond donors (Lipinski definition) is 2. The van der Waals surface area contributed by atoms with Crippen LogP contribution in [-0.4, -0.2) is 31.3 Å². The number of nitrogens with zero attached hydrogens (tertiary/aromatic N) is 2. The minimum Gasteiger partial charge on any atom is -0.397 e. The van der Waals surface area contributed by atoms with Gasteiger partial charge < -0.3 is 20.7 Å². The first-order valence-corrected chi connectivity index (χ1v) is 7.21. The molecule has 0 spiro atoms. The van der Waals surface area contributed by atoms with Crippen LogP contribution in [0.25, 0.3) is 0 Å². The van der Waals surface area contributed by atoms with Gasteiger partial charge >= 0.3 is 0 Å². The molecule has 21 heavy (non-hydrogen) atoms. The van der Waals surface area contributed by atoms with E-state index in [1.165, 1.54) is 5.69 Å². The van der Waals surface area contributed by atoms with Crippen molar-refractivity contribution < 1.29 is 4.74 Å². The summed E-state index contributed by atoms with van der Waals surface area (Å²) in [6, 6.07) is 9.87. The molecule has 1 aliphatic heterocycles. The van der Waals surface area contributed by atoms with E-state index in [9.17, 15) is 0 Å². The minimum absolute atomic E-state index is 0.507. The highest BCUT2D eigenvalue weighted by molar-refractivity contribution is 6.33. The molecule has 0 atom stereocenters. The molecule has 0 radical (unpaired) electrons. The number of nitrogens with two attached hydrogens (primary N) is 1. The SMILES string of the molecule is Nc1cnc(Nc2ccc(N3CCOCC3)cc2)c(Cl)c1. The summed E-state index contributed by atoms with van der Waals surface area (Å²) < 4.78 is 5.36. The van der Waals surface area contributed by atoms with Gasteiger partial charge in [-0.3, -0.25) is 0 Å². The molecular formula is C15H17ClN4O. The van der Waals surface area contributed by atoms with Gasteiger partial charge in [-0.2, -0.15) is 0 Å². The lowest BCUT2D eigenvalue weighted by Crippen LogP contribution is -2.36. The molecule has 3 N–H and O–H groups in total. The van der Waals surface area contributed by atoms with Crippen molar-refractivity contribution in [3.8, 4) is 0 Å². The maximum absolute atomic E-state index is 6.11. The van der Waals surface area contributed by atoms with E-state index in [-0.39, 0.29) is 0 Å². The lowest BCUT2D eigenvalue weighted by molar-refractivity contribution is 0.122. The van der Waals surface area contributed by atoms with Crippen molar-refractivity contribution in [2.45, 2.75) is 0 Å². The molecule has 5 nitrogen and oxygen atoms in total. The van der Waals surface area contributed by atoms with Crippen LogP contribution in [0.5, 0.6) is 0 Å². The van der Waals surface area contributed by atoms with Gasteiger partial charge in [0, 0.05) is 24.5 Å². The number of hydrogen-bond acceptors (Lipinski definition) is 5. The van der Waals surface area contributed by atoms with E-state index < -0.39 is 0 Å². The maximum Gasteiger partial charge on any atom is 0.149 e. The molecule has 3 rings (SSSR count). The Balaban J connectivity index is 1.71. The molecule has 0 saturated carbocycles. The minimum atomic E-state index is 0.507. The number of benzene rings is 1. The van der Waals surface area contributed by atoms with Crippen LogP contribution in [0.1, 0.15) is 0 Å². The average Bonchev–Trinajstić information content (AvgIpc) is 2.52. The molecule has 1 aromatic heterocycles. The standard InChI is InChI=1S/C15H17ClN4O/c16-14-9-11(17)10-18-15(14)19-12-1-3-13(4-2-12)20-5-7-21-8-6-20/h1-4,9-10H,5-8,17H2,(H,18,19). The van der Waals surface area contributed by atoms with Crippen LogP contribution < -0.4 is 16.0 Å². The zero-order valence-electron chi connectivity index (χ0n) is 11.6. The van der Waals surface area contributed by atoms with Gasteiger partial charge in [0.25, 0.3) is 0 Å². The van der Waals surface area contributed by atoms with Gasteiger partial charge in [0.2, 0.25) is 0 Å². The monoisotopic (exact) mass is 304 g/mol. The Morgan fingerprint density at radius 1 is 1.19 bits per heavy atom. The van der Waals surface area contributed by atoms with Gasteiger partial charge in [-0.25, -0.2) is 4.98 Å².